The SMILES string of the molecule is C[C@@H](NC[C@H]1CCCN(c2ncccn2)C1)c1cccc(C#N)c1. The molecule has 1 saturated heterocycles. The number of benzene rings is 1. The molecule has 1 aromatic carbocycles. The highest BCUT2D eigenvalue weighted by Gasteiger charge is 2.22. The fourth-order valence-corrected chi connectivity index (χ4v) is 3.21. The van der Waals surface area contributed by atoms with Gasteiger partial charge in [-0.25, -0.2) is 9.97 Å². The average Bonchev–Trinajstić information content (AvgIpc) is 2.67. The number of nitrogens with zero attached hydrogens (tertiary/aromatic N) is 4. The number of aromatic nitrogens is 2. The lowest BCUT2D eigenvalue weighted by Gasteiger charge is -2.33. The molecule has 0 unspecified atom stereocenters. The van der Waals surface area contributed by atoms with Crippen molar-refractivity contribution in [1.82, 2.24) is 15.3 Å². The summed E-state index contributed by atoms with van der Waals surface area (Å²) in [6.45, 7) is 5.13. The first-order valence-corrected chi connectivity index (χ1v) is 8.51. The van der Waals surface area contributed by atoms with Crippen LogP contribution in [-0.4, -0.2) is 29.6 Å². The Bertz CT molecular complexity index is 694. The van der Waals surface area contributed by atoms with Gasteiger partial charge in [0, 0.05) is 38.1 Å². The maximum atomic E-state index is 9.03. The first kappa shape index (κ1) is 16.4. The molecule has 2 atom stereocenters. The zero-order valence-corrected chi connectivity index (χ0v) is 14.0. The second-order valence-electron chi connectivity index (χ2n) is 6.37. The van der Waals surface area contributed by atoms with E-state index in [0.29, 0.717) is 11.5 Å². The lowest BCUT2D eigenvalue weighted by Crippen LogP contribution is -2.40. The lowest BCUT2D eigenvalue weighted by atomic mass is 9.97. The fraction of sp³-hybridized carbons (Fsp3) is 0.421. The van der Waals surface area contributed by atoms with Crippen LogP contribution in [0.2, 0.25) is 0 Å². The van der Waals surface area contributed by atoms with Gasteiger partial charge in [-0.2, -0.15) is 5.26 Å². The van der Waals surface area contributed by atoms with Crippen LogP contribution in [-0.2, 0) is 0 Å². The Hall–Kier alpha value is -2.45. The van der Waals surface area contributed by atoms with Gasteiger partial charge in [-0.05, 0) is 49.4 Å². The van der Waals surface area contributed by atoms with Crippen LogP contribution >= 0.6 is 0 Å². The highest BCUT2D eigenvalue weighted by Crippen LogP contribution is 2.21. The van der Waals surface area contributed by atoms with Crippen LogP contribution in [0.1, 0.15) is 36.9 Å². The summed E-state index contributed by atoms with van der Waals surface area (Å²) in [5.41, 5.74) is 1.87. The first-order chi connectivity index (χ1) is 11.8. The smallest absolute Gasteiger partial charge is 0.225 e. The summed E-state index contributed by atoms with van der Waals surface area (Å²) in [5.74, 6) is 1.42. The predicted molar refractivity (Wildman–Crippen MR) is 94.5 cm³/mol. The van der Waals surface area contributed by atoms with Gasteiger partial charge in [0.2, 0.25) is 5.95 Å². The van der Waals surface area contributed by atoms with E-state index in [1.54, 1.807) is 12.4 Å². The van der Waals surface area contributed by atoms with Crippen LogP contribution in [0, 0.1) is 17.2 Å². The van der Waals surface area contributed by atoms with Gasteiger partial charge >= 0.3 is 0 Å². The minimum atomic E-state index is 0.238. The summed E-state index contributed by atoms with van der Waals surface area (Å²) in [6, 6.07) is 12.1. The van der Waals surface area contributed by atoms with Gasteiger partial charge in [0.1, 0.15) is 0 Å². The number of rotatable bonds is 5. The van der Waals surface area contributed by atoms with Crippen LogP contribution in [0.25, 0.3) is 0 Å². The summed E-state index contributed by atoms with van der Waals surface area (Å²) in [6.07, 6.45) is 5.99. The van der Waals surface area contributed by atoms with Gasteiger partial charge in [-0.1, -0.05) is 12.1 Å². The fourth-order valence-electron chi connectivity index (χ4n) is 3.21. The van der Waals surface area contributed by atoms with Gasteiger partial charge in [-0.15, -0.1) is 0 Å². The second-order valence-corrected chi connectivity index (χ2v) is 6.37. The molecule has 2 aromatic rings. The topological polar surface area (TPSA) is 64.8 Å². The molecule has 0 spiro atoms. The Morgan fingerprint density at radius 2 is 2.17 bits per heavy atom. The van der Waals surface area contributed by atoms with Crippen molar-refractivity contribution in [1.29, 1.82) is 5.26 Å². The van der Waals surface area contributed by atoms with E-state index in [-0.39, 0.29) is 6.04 Å². The van der Waals surface area contributed by atoms with Gasteiger partial charge in [-0.3, -0.25) is 0 Å². The normalized spacial score (nSPS) is 18.8. The van der Waals surface area contributed by atoms with E-state index in [1.807, 2.05) is 24.3 Å². The Balaban J connectivity index is 1.55. The molecule has 124 valence electrons. The van der Waals surface area contributed by atoms with Crippen molar-refractivity contribution in [2.45, 2.75) is 25.8 Å². The highest BCUT2D eigenvalue weighted by atomic mass is 15.3. The summed E-state index contributed by atoms with van der Waals surface area (Å²) in [7, 11) is 0. The number of anilines is 1. The Morgan fingerprint density at radius 3 is 2.96 bits per heavy atom. The van der Waals surface area contributed by atoms with E-state index in [2.05, 4.69) is 39.2 Å². The molecule has 0 saturated carbocycles. The highest BCUT2D eigenvalue weighted by molar-refractivity contribution is 5.34. The van der Waals surface area contributed by atoms with E-state index in [4.69, 9.17) is 5.26 Å². The Labute approximate surface area is 143 Å². The number of nitriles is 1. The summed E-state index contributed by atoms with van der Waals surface area (Å²) in [4.78, 5) is 11.0. The standard InChI is InChI=1S/C19H23N5/c1-15(18-7-2-5-16(11-18)12-20)23-13-17-6-3-10-24(14-17)19-21-8-4-9-22-19/h2,4-5,7-9,11,15,17,23H,3,6,10,13-14H2,1H3/t15-,17-/m1/s1. The largest absolute Gasteiger partial charge is 0.341 e. The molecular weight excluding hydrogens is 298 g/mol. The number of piperidine rings is 1. The van der Waals surface area contributed by atoms with Crippen LogP contribution in [0.15, 0.2) is 42.7 Å². The zero-order chi connectivity index (χ0) is 16.8. The van der Waals surface area contributed by atoms with E-state index in [1.165, 1.54) is 12.8 Å². The lowest BCUT2D eigenvalue weighted by molar-refractivity contribution is 0.373. The molecule has 0 aliphatic carbocycles. The number of hydrogen-bond donors (Lipinski definition) is 1. The molecule has 1 N–H and O–H groups in total. The molecule has 24 heavy (non-hydrogen) atoms. The van der Waals surface area contributed by atoms with Crippen molar-refractivity contribution in [3.05, 3.63) is 53.9 Å². The molecule has 5 heteroatoms. The number of nitrogens with one attached hydrogen (secondary N) is 1. The molecule has 5 nitrogen and oxygen atoms in total. The molecule has 1 aliphatic rings. The van der Waals surface area contributed by atoms with Crippen molar-refractivity contribution < 1.29 is 0 Å². The van der Waals surface area contributed by atoms with Crippen molar-refractivity contribution in [3.63, 3.8) is 0 Å². The summed E-state index contributed by atoms with van der Waals surface area (Å²) in [5, 5.41) is 12.6. The van der Waals surface area contributed by atoms with Gasteiger partial charge in [0.05, 0.1) is 11.6 Å². The first-order valence-electron chi connectivity index (χ1n) is 8.51. The molecule has 3 rings (SSSR count). The van der Waals surface area contributed by atoms with E-state index >= 15 is 0 Å². The van der Waals surface area contributed by atoms with Crippen molar-refractivity contribution >= 4 is 5.95 Å². The van der Waals surface area contributed by atoms with Crippen molar-refractivity contribution in [2.75, 3.05) is 24.5 Å². The molecule has 1 aliphatic heterocycles. The Morgan fingerprint density at radius 1 is 1.33 bits per heavy atom. The zero-order valence-electron chi connectivity index (χ0n) is 14.0. The van der Waals surface area contributed by atoms with Crippen LogP contribution in [0.5, 0.6) is 0 Å². The quantitative estimate of drug-likeness (QED) is 0.917. The van der Waals surface area contributed by atoms with Crippen LogP contribution in [0.4, 0.5) is 5.95 Å². The van der Waals surface area contributed by atoms with Gasteiger partial charge in [0.15, 0.2) is 0 Å². The minimum Gasteiger partial charge on any atom is -0.341 e. The summed E-state index contributed by atoms with van der Waals surface area (Å²) < 4.78 is 0. The van der Waals surface area contributed by atoms with Gasteiger partial charge < -0.3 is 10.2 Å². The maximum Gasteiger partial charge on any atom is 0.225 e. The van der Waals surface area contributed by atoms with E-state index in [9.17, 15) is 0 Å². The monoisotopic (exact) mass is 321 g/mol. The van der Waals surface area contributed by atoms with Crippen molar-refractivity contribution in [3.8, 4) is 6.07 Å². The second kappa shape index (κ2) is 7.89. The molecule has 0 bridgehead atoms. The van der Waals surface area contributed by atoms with Crippen LogP contribution in [0.3, 0.4) is 0 Å². The molecule has 1 fully saturated rings. The van der Waals surface area contributed by atoms with E-state index < -0.39 is 0 Å². The third-order valence-corrected chi connectivity index (χ3v) is 4.58. The van der Waals surface area contributed by atoms with E-state index in [0.717, 1.165) is 31.1 Å². The van der Waals surface area contributed by atoms with Gasteiger partial charge in [0.25, 0.3) is 0 Å². The van der Waals surface area contributed by atoms with Crippen molar-refractivity contribution in [2.24, 2.45) is 5.92 Å². The van der Waals surface area contributed by atoms with Crippen LogP contribution < -0.4 is 10.2 Å². The maximum absolute atomic E-state index is 9.03. The average molecular weight is 321 g/mol. The third-order valence-electron chi connectivity index (χ3n) is 4.58. The Kier molecular flexibility index (Phi) is 5.39. The molecule has 0 radical (unpaired) electrons. The number of hydrogen-bond acceptors (Lipinski definition) is 5. The third kappa shape index (κ3) is 4.09. The molecular formula is C19H23N5. The minimum absolute atomic E-state index is 0.238. The molecule has 2 heterocycles. The molecule has 1 aromatic heterocycles. The predicted octanol–water partition coefficient (Wildman–Crippen LogP) is 2.92. The molecule has 0 amide bonds. The summed E-state index contributed by atoms with van der Waals surface area (Å²) >= 11 is 0.